The van der Waals surface area contributed by atoms with Crippen LogP contribution in [-0.4, -0.2) is 12.5 Å². The predicted molar refractivity (Wildman–Crippen MR) is 66.7 cm³/mol. The first-order valence-corrected chi connectivity index (χ1v) is 6.41. The minimum Gasteiger partial charge on any atom is -0.352 e. The molecule has 2 aromatic rings. The quantitative estimate of drug-likeness (QED) is 0.859. The molecule has 0 unspecified atom stereocenters. The Balaban J connectivity index is 1.98. The van der Waals surface area contributed by atoms with Gasteiger partial charge in [-0.1, -0.05) is 6.07 Å². The van der Waals surface area contributed by atoms with Crippen LogP contribution in [0, 0.1) is 17.5 Å². The van der Waals surface area contributed by atoms with Crippen LogP contribution in [0.4, 0.5) is 13.2 Å². The number of nitrogens with one attached hydrogen (secondary N) is 1. The zero-order chi connectivity index (χ0) is 13.8. The molecule has 0 saturated carbocycles. The molecule has 0 radical (unpaired) electrons. The summed E-state index contributed by atoms with van der Waals surface area (Å²) < 4.78 is 39.0. The van der Waals surface area contributed by atoms with Gasteiger partial charge >= 0.3 is 0 Å². The summed E-state index contributed by atoms with van der Waals surface area (Å²) >= 11 is 1.54. The maximum atomic E-state index is 13.3. The first-order chi connectivity index (χ1) is 9.09. The van der Waals surface area contributed by atoms with Gasteiger partial charge in [0.15, 0.2) is 17.5 Å². The molecule has 0 aliphatic rings. The van der Waals surface area contributed by atoms with Crippen LogP contribution in [0.2, 0.25) is 0 Å². The molecule has 0 aliphatic heterocycles. The smallest absolute Gasteiger partial charge is 0.254 e. The fourth-order valence-corrected chi connectivity index (χ4v) is 2.26. The van der Waals surface area contributed by atoms with Crippen molar-refractivity contribution >= 4 is 17.2 Å². The van der Waals surface area contributed by atoms with Gasteiger partial charge in [0, 0.05) is 11.4 Å². The number of amides is 1. The lowest BCUT2D eigenvalue weighted by Crippen LogP contribution is -2.26. The average Bonchev–Trinajstić information content (AvgIpc) is 2.89. The Morgan fingerprint density at radius 3 is 2.63 bits per heavy atom. The molecule has 1 amide bonds. The largest absolute Gasteiger partial charge is 0.352 e. The highest BCUT2D eigenvalue weighted by Gasteiger charge is 2.18. The lowest BCUT2D eigenvalue weighted by Gasteiger charge is -2.06. The minimum atomic E-state index is -1.63. The van der Waals surface area contributed by atoms with E-state index >= 15 is 0 Å². The van der Waals surface area contributed by atoms with Crippen LogP contribution in [0.15, 0.2) is 29.6 Å². The fourth-order valence-electron chi connectivity index (χ4n) is 1.55. The Hall–Kier alpha value is -1.82. The van der Waals surface area contributed by atoms with Crippen molar-refractivity contribution in [1.82, 2.24) is 5.32 Å². The number of benzene rings is 1. The number of thiophene rings is 1. The van der Waals surface area contributed by atoms with Crippen LogP contribution in [0.5, 0.6) is 0 Å². The Morgan fingerprint density at radius 1 is 1.16 bits per heavy atom. The number of hydrogen-bond donors (Lipinski definition) is 1. The molecule has 1 aromatic carbocycles. The van der Waals surface area contributed by atoms with Crippen molar-refractivity contribution in [3.63, 3.8) is 0 Å². The van der Waals surface area contributed by atoms with E-state index in [1.807, 2.05) is 17.5 Å². The summed E-state index contributed by atoms with van der Waals surface area (Å²) in [7, 11) is 0. The number of halogens is 3. The molecule has 0 fully saturated rings. The minimum absolute atomic E-state index is 0.303. The van der Waals surface area contributed by atoms with Crippen LogP contribution >= 0.6 is 11.3 Å². The van der Waals surface area contributed by atoms with E-state index in [0.717, 1.165) is 17.0 Å². The normalized spacial score (nSPS) is 10.5. The van der Waals surface area contributed by atoms with Gasteiger partial charge in [-0.2, -0.15) is 0 Å². The van der Waals surface area contributed by atoms with Gasteiger partial charge in [0.05, 0.1) is 5.56 Å². The number of rotatable bonds is 4. The number of carbonyl (C=O) groups excluding carboxylic acids is 1. The monoisotopic (exact) mass is 285 g/mol. The van der Waals surface area contributed by atoms with Gasteiger partial charge in [-0.3, -0.25) is 4.79 Å². The number of hydrogen-bond acceptors (Lipinski definition) is 2. The highest BCUT2D eigenvalue weighted by molar-refractivity contribution is 7.09. The molecular weight excluding hydrogens is 275 g/mol. The van der Waals surface area contributed by atoms with Gasteiger partial charge in [0.1, 0.15) is 0 Å². The molecule has 0 aliphatic carbocycles. The summed E-state index contributed by atoms with van der Waals surface area (Å²) in [5, 5.41) is 4.37. The molecule has 0 saturated heterocycles. The van der Waals surface area contributed by atoms with Crippen molar-refractivity contribution in [3.8, 4) is 0 Å². The maximum Gasteiger partial charge on any atom is 0.254 e. The maximum absolute atomic E-state index is 13.3. The molecule has 0 bridgehead atoms. The van der Waals surface area contributed by atoms with E-state index in [4.69, 9.17) is 0 Å². The molecular formula is C13H10F3NOS. The lowest BCUT2D eigenvalue weighted by molar-refractivity contribution is 0.0949. The zero-order valence-electron chi connectivity index (χ0n) is 9.75. The Bertz CT molecular complexity index is 584. The zero-order valence-corrected chi connectivity index (χ0v) is 10.6. The molecule has 6 heteroatoms. The van der Waals surface area contributed by atoms with Crippen molar-refractivity contribution < 1.29 is 18.0 Å². The molecule has 0 atom stereocenters. The fraction of sp³-hybridized carbons (Fsp3) is 0.154. The van der Waals surface area contributed by atoms with Gasteiger partial charge in [-0.15, -0.1) is 11.3 Å². The molecule has 1 N–H and O–H groups in total. The Morgan fingerprint density at radius 2 is 1.95 bits per heavy atom. The van der Waals surface area contributed by atoms with E-state index in [0.29, 0.717) is 13.0 Å². The van der Waals surface area contributed by atoms with Gasteiger partial charge < -0.3 is 5.32 Å². The van der Waals surface area contributed by atoms with Gasteiger partial charge in [-0.25, -0.2) is 13.2 Å². The molecule has 0 spiro atoms. The average molecular weight is 285 g/mol. The van der Waals surface area contributed by atoms with E-state index < -0.39 is 28.9 Å². The van der Waals surface area contributed by atoms with Crippen LogP contribution < -0.4 is 5.32 Å². The van der Waals surface area contributed by atoms with E-state index in [-0.39, 0.29) is 0 Å². The topological polar surface area (TPSA) is 29.1 Å². The standard InChI is InChI=1S/C13H10F3NOS/c14-10-4-3-9(11(15)12(10)16)13(18)17-6-5-8-2-1-7-19-8/h1-4,7H,5-6H2,(H,17,18). The van der Waals surface area contributed by atoms with E-state index in [1.165, 1.54) is 0 Å². The summed E-state index contributed by atoms with van der Waals surface area (Å²) in [6.45, 7) is 0.303. The third kappa shape index (κ3) is 3.14. The third-order valence-electron chi connectivity index (χ3n) is 2.52. The van der Waals surface area contributed by atoms with Crippen molar-refractivity contribution in [2.75, 3.05) is 6.54 Å². The van der Waals surface area contributed by atoms with Crippen LogP contribution in [-0.2, 0) is 6.42 Å². The highest BCUT2D eigenvalue weighted by Crippen LogP contribution is 2.15. The van der Waals surface area contributed by atoms with Crippen LogP contribution in [0.3, 0.4) is 0 Å². The molecule has 2 rings (SSSR count). The summed E-state index contributed by atoms with van der Waals surface area (Å²) in [6, 6.07) is 5.45. The second-order valence-electron chi connectivity index (χ2n) is 3.81. The van der Waals surface area contributed by atoms with Crippen molar-refractivity contribution in [2.45, 2.75) is 6.42 Å². The summed E-state index contributed by atoms with van der Waals surface area (Å²) in [5.74, 6) is -5.17. The Kier molecular flexibility index (Phi) is 4.21. The van der Waals surface area contributed by atoms with Gasteiger partial charge in [0.25, 0.3) is 5.91 Å². The summed E-state index contributed by atoms with van der Waals surface area (Å²) in [5.41, 5.74) is -0.495. The van der Waals surface area contributed by atoms with E-state index in [1.54, 1.807) is 11.3 Å². The summed E-state index contributed by atoms with van der Waals surface area (Å²) in [6.07, 6.45) is 0.606. The first-order valence-electron chi connectivity index (χ1n) is 5.53. The molecule has 1 aromatic heterocycles. The SMILES string of the molecule is O=C(NCCc1cccs1)c1ccc(F)c(F)c1F. The third-order valence-corrected chi connectivity index (χ3v) is 3.45. The molecule has 2 nitrogen and oxygen atoms in total. The van der Waals surface area contributed by atoms with Crippen molar-refractivity contribution in [3.05, 3.63) is 57.5 Å². The Labute approximate surface area is 111 Å². The first kappa shape index (κ1) is 13.6. The highest BCUT2D eigenvalue weighted by atomic mass is 32.1. The van der Waals surface area contributed by atoms with Gasteiger partial charge in [-0.05, 0) is 30.0 Å². The lowest BCUT2D eigenvalue weighted by atomic mass is 10.2. The predicted octanol–water partition coefficient (Wildman–Crippen LogP) is 3.14. The second-order valence-corrected chi connectivity index (χ2v) is 4.84. The number of carbonyl (C=O) groups is 1. The van der Waals surface area contributed by atoms with Crippen molar-refractivity contribution in [1.29, 1.82) is 0 Å². The molecule has 19 heavy (non-hydrogen) atoms. The summed E-state index contributed by atoms with van der Waals surface area (Å²) in [4.78, 5) is 12.7. The van der Waals surface area contributed by atoms with Crippen LogP contribution in [0.25, 0.3) is 0 Å². The van der Waals surface area contributed by atoms with Crippen LogP contribution in [0.1, 0.15) is 15.2 Å². The van der Waals surface area contributed by atoms with E-state index in [2.05, 4.69) is 5.32 Å². The van der Waals surface area contributed by atoms with Gasteiger partial charge in [0.2, 0.25) is 0 Å². The van der Waals surface area contributed by atoms with E-state index in [9.17, 15) is 18.0 Å². The second kappa shape index (κ2) is 5.88. The molecule has 1 heterocycles. The van der Waals surface area contributed by atoms with Crippen molar-refractivity contribution in [2.24, 2.45) is 0 Å². The molecule has 100 valence electrons.